The molecule has 0 bridgehead atoms. The molecule has 0 saturated carbocycles. The molecule has 1 fully saturated rings. The average Bonchev–Trinajstić information content (AvgIpc) is 3.40. The largest absolute Gasteiger partial charge is 0.392 e. The molecule has 208 valence electrons. The van der Waals surface area contributed by atoms with Gasteiger partial charge in [0.05, 0.1) is 18.8 Å². The molecular formula is C27H32N4O6S2. The van der Waals surface area contributed by atoms with Crippen LogP contribution in [0.4, 0.5) is 0 Å². The molecule has 1 aliphatic heterocycles. The Kier molecular flexibility index (Phi) is 10.8. The first-order valence-corrected chi connectivity index (χ1v) is 14.5. The number of hydrogen-bond acceptors (Lipinski definition) is 10. The minimum Gasteiger partial charge on any atom is -0.392 e. The maximum Gasteiger partial charge on any atom is 0.243 e. The van der Waals surface area contributed by atoms with Crippen molar-refractivity contribution < 1.29 is 29.4 Å². The van der Waals surface area contributed by atoms with Gasteiger partial charge in [-0.1, -0.05) is 71.6 Å². The minimum absolute atomic E-state index is 0.00819. The van der Waals surface area contributed by atoms with E-state index in [-0.39, 0.29) is 37.6 Å². The Labute approximate surface area is 235 Å². The summed E-state index contributed by atoms with van der Waals surface area (Å²) in [5.41, 5.74) is 5.23. The lowest BCUT2D eigenvalue weighted by molar-refractivity contribution is -0.245. The molecule has 0 unspecified atom stereocenters. The van der Waals surface area contributed by atoms with Crippen molar-refractivity contribution in [3.63, 3.8) is 0 Å². The maximum absolute atomic E-state index is 12.0. The standard InChI is InChI=1S/C27H32N4O6S2/c1-17-29-30-27(39-17)38-16-22-13-23(20-9-7-19(15-32)8-10-20)37-26(36-22)21-11-5-18(6-12-21)14-28-24(33)3-2-4-25(34)31-35/h5-12,22-23,26,32,35H,2-4,13-16H2,1H3,(H,28,33)(H,31,34)/t22-,23+,26+/m1/s1. The number of hydroxylamine groups is 1. The van der Waals surface area contributed by atoms with Crippen molar-refractivity contribution in [2.24, 2.45) is 0 Å². The molecule has 1 saturated heterocycles. The van der Waals surface area contributed by atoms with E-state index in [2.05, 4.69) is 15.5 Å². The molecule has 1 aromatic heterocycles. The van der Waals surface area contributed by atoms with Crippen molar-refractivity contribution in [1.82, 2.24) is 21.0 Å². The Morgan fingerprint density at radius 2 is 1.69 bits per heavy atom. The zero-order valence-corrected chi connectivity index (χ0v) is 23.2. The van der Waals surface area contributed by atoms with Crippen LogP contribution in [0.5, 0.6) is 0 Å². The number of carbonyl (C=O) groups is 2. The smallest absolute Gasteiger partial charge is 0.243 e. The van der Waals surface area contributed by atoms with Crippen LogP contribution < -0.4 is 10.8 Å². The minimum atomic E-state index is -0.565. The molecule has 0 aliphatic carbocycles. The van der Waals surface area contributed by atoms with Gasteiger partial charge < -0.3 is 19.9 Å². The van der Waals surface area contributed by atoms with Crippen molar-refractivity contribution >= 4 is 34.9 Å². The van der Waals surface area contributed by atoms with Crippen molar-refractivity contribution in [2.75, 3.05) is 5.75 Å². The number of nitrogens with one attached hydrogen (secondary N) is 2. The van der Waals surface area contributed by atoms with E-state index in [0.717, 1.165) is 31.6 Å². The van der Waals surface area contributed by atoms with Crippen LogP contribution in [0.3, 0.4) is 0 Å². The van der Waals surface area contributed by atoms with Crippen molar-refractivity contribution in [2.45, 2.75) is 68.6 Å². The monoisotopic (exact) mass is 572 g/mol. The van der Waals surface area contributed by atoms with E-state index in [1.165, 1.54) is 0 Å². The Morgan fingerprint density at radius 1 is 1.00 bits per heavy atom. The van der Waals surface area contributed by atoms with Gasteiger partial charge in [-0.3, -0.25) is 14.8 Å². The number of thioether (sulfide) groups is 1. The highest BCUT2D eigenvalue weighted by atomic mass is 32.2. The SMILES string of the molecule is Cc1nnc(SC[C@H]2C[C@@H](c3ccc(CO)cc3)O[C@@H](c3ccc(CNC(=O)CCCC(=O)NO)cc3)O2)s1. The summed E-state index contributed by atoms with van der Waals surface area (Å²) in [5.74, 6) is 0.0416. The summed E-state index contributed by atoms with van der Waals surface area (Å²) >= 11 is 3.19. The lowest BCUT2D eigenvalue weighted by Crippen LogP contribution is -2.31. The van der Waals surface area contributed by atoms with Crippen LogP contribution in [-0.4, -0.2) is 44.2 Å². The molecule has 2 aromatic carbocycles. The van der Waals surface area contributed by atoms with Gasteiger partial charge in [-0.15, -0.1) is 10.2 Å². The lowest BCUT2D eigenvalue weighted by atomic mass is 10.0. The number of aliphatic hydroxyl groups is 1. The summed E-state index contributed by atoms with van der Waals surface area (Å²) in [6.07, 6.45) is 0.513. The van der Waals surface area contributed by atoms with Gasteiger partial charge in [0, 0.05) is 37.1 Å². The summed E-state index contributed by atoms with van der Waals surface area (Å²) < 4.78 is 13.7. The highest BCUT2D eigenvalue weighted by Gasteiger charge is 2.32. The van der Waals surface area contributed by atoms with Crippen LogP contribution in [0.25, 0.3) is 0 Å². The summed E-state index contributed by atoms with van der Waals surface area (Å²) in [6, 6.07) is 15.5. The van der Waals surface area contributed by atoms with Gasteiger partial charge in [-0.25, -0.2) is 5.48 Å². The summed E-state index contributed by atoms with van der Waals surface area (Å²) in [7, 11) is 0. The zero-order valence-electron chi connectivity index (χ0n) is 21.5. The van der Waals surface area contributed by atoms with E-state index < -0.39 is 12.2 Å². The highest BCUT2D eigenvalue weighted by Crippen LogP contribution is 2.39. The molecule has 12 heteroatoms. The van der Waals surface area contributed by atoms with E-state index in [1.54, 1.807) is 28.6 Å². The maximum atomic E-state index is 12.0. The predicted octanol–water partition coefficient (Wildman–Crippen LogP) is 3.97. The van der Waals surface area contributed by atoms with Gasteiger partial charge in [0.15, 0.2) is 10.6 Å². The third kappa shape index (κ3) is 8.82. The number of ether oxygens (including phenoxy) is 2. The number of amides is 2. The summed E-state index contributed by atoms with van der Waals surface area (Å²) in [4.78, 5) is 23.1. The van der Waals surface area contributed by atoms with Crippen LogP contribution in [0, 0.1) is 6.92 Å². The van der Waals surface area contributed by atoms with Gasteiger partial charge in [0.25, 0.3) is 0 Å². The highest BCUT2D eigenvalue weighted by molar-refractivity contribution is 8.01. The fraction of sp³-hybridized carbons (Fsp3) is 0.407. The molecule has 4 rings (SSSR count). The summed E-state index contributed by atoms with van der Waals surface area (Å²) in [5, 5.41) is 30.0. The third-order valence-electron chi connectivity index (χ3n) is 6.19. The molecule has 39 heavy (non-hydrogen) atoms. The van der Waals surface area contributed by atoms with Crippen LogP contribution in [0.1, 0.15) is 65.3 Å². The number of carbonyl (C=O) groups excluding carboxylic acids is 2. The molecule has 1 aliphatic rings. The second kappa shape index (κ2) is 14.5. The van der Waals surface area contributed by atoms with E-state index >= 15 is 0 Å². The third-order valence-corrected chi connectivity index (χ3v) is 8.29. The molecule has 2 heterocycles. The quantitative estimate of drug-likeness (QED) is 0.144. The molecule has 10 nitrogen and oxygen atoms in total. The second-order valence-corrected chi connectivity index (χ2v) is 11.6. The lowest BCUT2D eigenvalue weighted by Gasteiger charge is -2.36. The van der Waals surface area contributed by atoms with E-state index in [4.69, 9.17) is 14.7 Å². The van der Waals surface area contributed by atoms with E-state index in [1.807, 2.05) is 55.5 Å². The van der Waals surface area contributed by atoms with Crippen molar-refractivity contribution in [3.8, 4) is 0 Å². The average molecular weight is 573 g/mol. The van der Waals surface area contributed by atoms with Crippen LogP contribution in [0.2, 0.25) is 0 Å². The number of hydrogen-bond donors (Lipinski definition) is 4. The normalized spacial score (nSPS) is 19.0. The molecule has 3 aromatic rings. The van der Waals surface area contributed by atoms with Gasteiger partial charge in [0.2, 0.25) is 11.8 Å². The van der Waals surface area contributed by atoms with E-state index in [9.17, 15) is 14.7 Å². The van der Waals surface area contributed by atoms with Crippen LogP contribution >= 0.6 is 23.1 Å². The predicted molar refractivity (Wildman–Crippen MR) is 146 cm³/mol. The van der Waals surface area contributed by atoms with E-state index in [0.29, 0.717) is 25.1 Å². The zero-order chi connectivity index (χ0) is 27.6. The number of aryl methyl sites for hydroxylation is 1. The molecule has 0 spiro atoms. The molecule has 2 amide bonds. The molecular weight excluding hydrogens is 540 g/mol. The van der Waals surface area contributed by atoms with Crippen molar-refractivity contribution in [1.29, 1.82) is 0 Å². The van der Waals surface area contributed by atoms with Gasteiger partial charge in [-0.05, 0) is 30.0 Å². The number of rotatable bonds is 12. The van der Waals surface area contributed by atoms with Crippen molar-refractivity contribution in [3.05, 3.63) is 75.8 Å². The van der Waals surface area contributed by atoms with Crippen LogP contribution in [-0.2, 0) is 32.2 Å². The van der Waals surface area contributed by atoms with Gasteiger partial charge in [0.1, 0.15) is 5.01 Å². The second-order valence-electron chi connectivity index (χ2n) is 9.15. The molecule has 3 atom stereocenters. The Morgan fingerprint density at radius 3 is 2.36 bits per heavy atom. The first-order valence-electron chi connectivity index (χ1n) is 12.7. The Balaban J connectivity index is 1.38. The van der Waals surface area contributed by atoms with Crippen LogP contribution in [0.15, 0.2) is 52.9 Å². The first-order chi connectivity index (χ1) is 18.9. The van der Waals surface area contributed by atoms with Gasteiger partial charge >= 0.3 is 0 Å². The first kappa shape index (κ1) is 29.1. The topological polar surface area (TPSA) is 143 Å². The Hall–Kier alpha value is -2.87. The fourth-order valence-corrected chi connectivity index (χ4v) is 5.93. The summed E-state index contributed by atoms with van der Waals surface area (Å²) in [6.45, 7) is 2.28. The fourth-order valence-electron chi connectivity index (χ4n) is 4.07. The number of nitrogens with zero attached hydrogens (tertiary/aromatic N) is 2. The molecule has 0 radical (unpaired) electrons. The van der Waals surface area contributed by atoms with Gasteiger partial charge in [-0.2, -0.15) is 0 Å². The number of aliphatic hydroxyl groups excluding tert-OH is 1. The Bertz CT molecular complexity index is 1220. The number of benzene rings is 2. The molecule has 4 N–H and O–H groups in total. The number of aromatic nitrogens is 2.